The monoisotopic (exact) mass is 436 g/mol. The SMILES string of the molecule is Nc1ccc(OCc2ccccc2)c(NC(=O)OCC2c3ccccc3-c3ccccc32)c1. The first-order valence-corrected chi connectivity index (χ1v) is 10.9. The normalized spacial score (nSPS) is 12.0. The maximum absolute atomic E-state index is 12.7. The molecule has 164 valence electrons. The second-order valence-electron chi connectivity index (χ2n) is 7.98. The number of hydrogen-bond donors (Lipinski definition) is 2. The summed E-state index contributed by atoms with van der Waals surface area (Å²) in [5.41, 5.74) is 12.7. The lowest BCUT2D eigenvalue weighted by Gasteiger charge is -2.16. The summed E-state index contributed by atoms with van der Waals surface area (Å²) in [6.45, 7) is 0.618. The van der Waals surface area contributed by atoms with Crippen LogP contribution in [0.15, 0.2) is 97.1 Å². The number of benzene rings is 4. The molecule has 5 rings (SSSR count). The number of amides is 1. The lowest BCUT2D eigenvalue weighted by molar-refractivity contribution is 0.158. The van der Waals surface area contributed by atoms with Crippen LogP contribution in [-0.2, 0) is 11.3 Å². The van der Waals surface area contributed by atoms with E-state index in [9.17, 15) is 4.79 Å². The molecule has 5 nitrogen and oxygen atoms in total. The summed E-state index contributed by atoms with van der Waals surface area (Å²) in [4.78, 5) is 12.7. The highest BCUT2D eigenvalue weighted by molar-refractivity contribution is 5.88. The van der Waals surface area contributed by atoms with Gasteiger partial charge in [-0.1, -0.05) is 78.9 Å². The number of fused-ring (bicyclic) bond motifs is 3. The van der Waals surface area contributed by atoms with Crippen LogP contribution in [0.3, 0.4) is 0 Å². The Balaban J connectivity index is 1.28. The molecular weight excluding hydrogens is 412 g/mol. The topological polar surface area (TPSA) is 73.6 Å². The Morgan fingerprint density at radius 1 is 0.818 bits per heavy atom. The largest absolute Gasteiger partial charge is 0.487 e. The highest BCUT2D eigenvalue weighted by atomic mass is 16.5. The molecule has 0 heterocycles. The van der Waals surface area contributed by atoms with Gasteiger partial charge in [-0.3, -0.25) is 5.32 Å². The molecule has 4 aromatic carbocycles. The lowest BCUT2D eigenvalue weighted by atomic mass is 9.98. The van der Waals surface area contributed by atoms with Crippen molar-refractivity contribution in [1.29, 1.82) is 0 Å². The van der Waals surface area contributed by atoms with E-state index >= 15 is 0 Å². The maximum Gasteiger partial charge on any atom is 0.411 e. The number of ether oxygens (including phenoxy) is 2. The van der Waals surface area contributed by atoms with E-state index in [1.54, 1.807) is 18.2 Å². The fourth-order valence-corrected chi connectivity index (χ4v) is 4.25. The Morgan fingerprint density at radius 3 is 2.15 bits per heavy atom. The first kappa shape index (κ1) is 20.6. The molecule has 0 atom stereocenters. The van der Waals surface area contributed by atoms with Gasteiger partial charge in [0.2, 0.25) is 0 Å². The third kappa shape index (κ3) is 4.39. The van der Waals surface area contributed by atoms with Crippen molar-refractivity contribution in [3.05, 3.63) is 114 Å². The molecular formula is C28H24N2O3. The van der Waals surface area contributed by atoms with Gasteiger partial charge in [-0.2, -0.15) is 0 Å². The summed E-state index contributed by atoms with van der Waals surface area (Å²) in [6, 6.07) is 31.5. The van der Waals surface area contributed by atoms with Crippen molar-refractivity contribution in [1.82, 2.24) is 0 Å². The molecule has 0 saturated heterocycles. The van der Waals surface area contributed by atoms with Crippen LogP contribution in [0.1, 0.15) is 22.6 Å². The zero-order valence-corrected chi connectivity index (χ0v) is 18.0. The highest BCUT2D eigenvalue weighted by Crippen LogP contribution is 2.44. The van der Waals surface area contributed by atoms with Gasteiger partial charge < -0.3 is 15.2 Å². The molecule has 0 aliphatic heterocycles. The zero-order chi connectivity index (χ0) is 22.6. The van der Waals surface area contributed by atoms with Gasteiger partial charge in [0.1, 0.15) is 19.0 Å². The second-order valence-corrected chi connectivity index (χ2v) is 7.98. The van der Waals surface area contributed by atoms with E-state index in [2.05, 4.69) is 29.6 Å². The van der Waals surface area contributed by atoms with Crippen molar-refractivity contribution >= 4 is 17.5 Å². The van der Waals surface area contributed by atoms with E-state index in [1.165, 1.54) is 22.3 Å². The minimum Gasteiger partial charge on any atom is -0.487 e. The molecule has 0 radical (unpaired) electrons. The van der Waals surface area contributed by atoms with Gasteiger partial charge in [0, 0.05) is 11.6 Å². The molecule has 33 heavy (non-hydrogen) atoms. The number of rotatable bonds is 6. The van der Waals surface area contributed by atoms with Crippen LogP contribution < -0.4 is 15.8 Å². The van der Waals surface area contributed by atoms with Crippen molar-refractivity contribution in [2.75, 3.05) is 17.7 Å². The van der Waals surface area contributed by atoms with Crippen molar-refractivity contribution < 1.29 is 14.3 Å². The van der Waals surface area contributed by atoms with E-state index < -0.39 is 6.09 Å². The molecule has 0 aromatic heterocycles. The zero-order valence-electron chi connectivity index (χ0n) is 18.0. The van der Waals surface area contributed by atoms with Crippen molar-refractivity contribution in [3.63, 3.8) is 0 Å². The average Bonchev–Trinajstić information content (AvgIpc) is 3.17. The fourth-order valence-electron chi connectivity index (χ4n) is 4.25. The Labute approximate surface area is 192 Å². The van der Waals surface area contributed by atoms with Gasteiger partial charge in [-0.25, -0.2) is 4.79 Å². The summed E-state index contributed by atoms with van der Waals surface area (Å²) in [6.07, 6.45) is -0.549. The lowest BCUT2D eigenvalue weighted by Crippen LogP contribution is -2.18. The Hall–Kier alpha value is -4.25. The quantitative estimate of drug-likeness (QED) is 0.353. The third-order valence-corrected chi connectivity index (χ3v) is 5.82. The Morgan fingerprint density at radius 2 is 1.45 bits per heavy atom. The molecule has 0 unspecified atom stereocenters. The van der Waals surface area contributed by atoms with Crippen LogP contribution in [-0.4, -0.2) is 12.7 Å². The van der Waals surface area contributed by atoms with Gasteiger partial charge in [-0.05, 0) is 46.0 Å². The van der Waals surface area contributed by atoms with Crippen LogP contribution in [0.2, 0.25) is 0 Å². The number of anilines is 2. The molecule has 0 fully saturated rings. The molecule has 1 aliphatic rings. The van der Waals surface area contributed by atoms with Crippen LogP contribution in [0, 0.1) is 0 Å². The standard InChI is InChI=1S/C28H24N2O3/c29-20-14-15-27(32-17-19-8-2-1-3-9-19)26(16-20)30-28(31)33-18-25-23-12-6-4-10-21(23)22-11-5-7-13-24(22)25/h1-16,25H,17-18,29H2,(H,30,31). The van der Waals surface area contributed by atoms with Crippen molar-refractivity contribution in [3.8, 4) is 16.9 Å². The van der Waals surface area contributed by atoms with Crippen molar-refractivity contribution in [2.24, 2.45) is 0 Å². The molecule has 1 amide bonds. The van der Waals surface area contributed by atoms with Gasteiger partial charge in [0.15, 0.2) is 0 Å². The van der Waals surface area contributed by atoms with Crippen LogP contribution in [0.5, 0.6) is 5.75 Å². The molecule has 4 aromatic rings. The molecule has 3 N–H and O–H groups in total. The van der Waals surface area contributed by atoms with E-state index in [1.807, 2.05) is 54.6 Å². The first-order chi connectivity index (χ1) is 16.2. The van der Waals surface area contributed by atoms with Crippen LogP contribution >= 0.6 is 0 Å². The number of nitrogens with one attached hydrogen (secondary N) is 1. The smallest absolute Gasteiger partial charge is 0.411 e. The number of nitrogen functional groups attached to an aromatic ring is 1. The summed E-state index contributed by atoms with van der Waals surface area (Å²) >= 11 is 0. The summed E-state index contributed by atoms with van der Waals surface area (Å²) < 4.78 is 11.6. The summed E-state index contributed by atoms with van der Waals surface area (Å²) in [7, 11) is 0. The van der Waals surface area contributed by atoms with E-state index in [-0.39, 0.29) is 12.5 Å². The number of carbonyl (C=O) groups is 1. The molecule has 5 heteroatoms. The van der Waals surface area contributed by atoms with Gasteiger partial charge in [0.05, 0.1) is 5.69 Å². The number of carbonyl (C=O) groups excluding carboxylic acids is 1. The Kier molecular flexibility index (Phi) is 5.68. The molecule has 0 bridgehead atoms. The average molecular weight is 437 g/mol. The number of hydrogen-bond acceptors (Lipinski definition) is 4. The molecule has 0 saturated carbocycles. The molecule has 1 aliphatic carbocycles. The Bertz CT molecular complexity index is 1240. The van der Waals surface area contributed by atoms with Gasteiger partial charge in [0.25, 0.3) is 0 Å². The predicted octanol–water partition coefficient (Wildman–Crippen LogP) is 6.21. The van der Waals surface area contributed by atoms with Crippen molar-refractivity contribution in [2.45, 2.75) is 12.5 Å². The second kappa shape index (κ2) is 9.09. The first-order valence-electron chi connectivity index (χ1n) is 10.9. The van der Waals surface area contributed by atoms with Crippen LogP contribution in [0.4, 0.5) is 16.2 Å². The van der Waals surface area contributed by atoms with Gasteiger partial charge in [-0.15, -0.1) is 0 Å². The number of nitrogens with two attached hydrogens (primary N) is 1. The highest BCUT2D eigenvalue weighted by Gasteiger charge is 2.29. The minimum absolute atomic E-state index is 0.00204. The van der Waals surface area contributed by atoms with Crippen LogP contribution in [0.25, 0.3) is 11.1 Å². The van der Waals surface area contributed by atoms with E-state index in [0.717, 1.165) is 5.56 Å². The fraction of sp³-hybridized carbons (Fsp3) is 0.107. The predicted molar refractivity (Wildman–Crippen MR) is 130 cm³/mol. The summed E-state index contributed by atoms with van der Waals surface area (Å²) in [5.74, 6) is 0.527. The van der Waals surface area contributed by atoms with E-state index in [0.29, 0.717) is 23.7 Å². The minimum atomic E-state index is -0.549. The summed E-state index contributed by atoms with van der Waals surface area (Å²) in [5, 5.41) is 2.79. The molecule has 0 spiro atoms. The van der Waals surface area contributed by atoms with Gasteiger partial charge >= 0.3 is 6.09 Å². The van der Waals surface area contributed by atoms with E-state index in [4.69, 9.17) is 15.2 Å². The maximum atomic E-state index is 12.7. The third-order valence-electron chi connectivity index (χ3n) is 5.82.